The number of carbonyl (C=O) groups excluding carboxylic acids is 1. The van der Waals surface area contributed by atoms with Crippen molar-refractivity contribution in [2.45, 2.75) is 13.5 Å². The second-order valence-corrected chi connectivity index (χ2v) is 6.55. The topological polar surface area (TPSA) is 66.9 Å². The molecule has 0 atom stereocenters. The minimum atomic E-state index is -0.327. The standard InChI is InChI=1S/C19H16Cl2N4O/c1-12-8-15(21)6-7-16(12)25-19(26)17-10-24-18(11-22-17)23-9-13-2-4-14(20)5-3-13/h2-8,10-11H,9H2,1H3,(H,23,24)(H,25,26). The summed E-state index contributed by atoms with van der Waals surface area (Å²) in [6.45, 7) is 2.46. The quantitative estimate of drug-likeness (QED) is 0.650. The predicted octanol–water partition coefficient (Wildman–Crippen LogP) is 4.96. The number of nitrogens with one attached hydrogen (secondary N) is 2. The Kier molecular flexibility index (Phi) is 5.71. The highest BCUT2D eigenvalue weighted by Crippen LogP contribution is 2.20. The Morgan fingerprint density at radius 1 is 1.00 bits per heavy atom. The predicted molar refractivity (Wildman–Crippen MR) is 105 cm³/mol. The van der Waals surface area contributed by atoms with Gasteiger partial charge >= 0.3 is 0 Å². The molecule has 0 radical (unpaired) electrons. The van der Waals surface area contributed by atoms with E-state index >= 15 is 0 Å². The summed E-state index contributed by atoms with van der Waals surface area (Å²) in [6, 6.07) is 12.8. The number of rotatable bonds is 5. The number of halogens is 2. The molecule has 3 aromatic rings. The van der Waals surface area contributed by atoms with Crippen molar-refractivity contribution in [3.63, 3.8) is 0 Å². The molecule has 0 aliphatic rings. The van der Waals surface area contributed by atoms with Crippen molar-refractivity contribution in [2.75, 3.05) is 10.6 Å². The Morgan fingerprint density at radius 2 is 1.73 bits per heavy atom. The lowest BCUT2D eigenvalue weighted by molar-refractivity contribution is 0.102. The number of amides is 1. The summed E-state index contributed by atoms with van der Waals surface area (Å²) in [7, 11) is 0. The van der Waals surface area contributed by atoms with E-state index in [1.807, 2.05) is 31.2 Å². The third kappa shape index (κ3) is 4.71. The van der Waals surface area contributed by atoms with E-state index in [4.69, 9.17) is 23.2 Å². The molecule has 0 unspecified atom stereocenters. The van der Waals surface area contributed by atoms with Crippen molar-refractivity contribution in [2.24, 2.45) is 0 Å². The maximum atomic E-state index is 12.3. The molecule has 0 fully saturated rings. The van der Waals surface area contributed by atoms with Gasteiger partial charge in [-0.3, -0.25) is 4.79 Å². The summed E-state index contributed by atoms with van der Waals surface area (Å²) in [5, 5.41) is 7.27. The molecule has 0 saturated carbocycles. The van der Waals surface area contributed by atoms with E-state index in [1.54, 1.807) is 18.2 Å². The van der Waals surface area contributed by atoms with E-state index < -0.39 is 0 Å². The van der Waals surface area contributed by atoms with Crippen molar-refractivity contribution in [1.82, 2.24) is 9.97 Å². The number of aryl methyl sites for hydroxylation is 1. The van der Waals surface area contributed by atoms with Crippen LogP contribution in [0.15, 0.2) is 54.9 Å². The van der Waals surface area contributed by atoms with Gasteiger partial charge in [0.15, 0.2) is 0 Å². The maximum absolute atomic E-state index is 12.3. The van der Waals surface area contributed by atoms with Crippen molar-refractivity contribution in [3.05, 3.63) is 81.7 Å². The summed E-state index contributed by atoms with van der Waals surface area (Å²) in [6.07, 6.45) is 2.96. The number of hydrogen-bond acceptors (Lipinski definition) is 4. The molecular weight excluding hydrogens is 371 g/mol. The highest BCUT2D eigenvalue weighted by Gasteiger charge is 2.10. The van der Waals surface area contributed by atoms with E-state index in [9.17, 15) is 4.79 Å². The summed E-state index contributed by atoms with van der Waals surface area (Å²) in [5.41, 5.74) is 2.86. The molecule has 0 bridgehead atoms. The highest BCUT2D eigenvalue weighted by molar-refractivity contribution is 6.31. The van der Waals surface area contributed by atoms with Gasteiger partial charge in [0, 0.05) is 22.3 Å². The fourth-order valence-corrected chi connectivity index (χ4v) is 2.64. The summed E-state index contributed by atoms with van der Waals surface area (Å²) < 4.78 is 0. The first-order valence-electron chi connectivity index (χ1n) is 7.89. The number of anilines is 2. The molecule has 2 N–H and O–H groups in total. The number of hydrogen-bond donors (Lipinski definition) is 2. The SMILES string of the molecule is Cc1cc(Cl)ccc1NC(=O)c1cnc(NCc2ccc(Cl)cc2)cn1. The third-order valence-electron chi connectivity index (χ3n) is 3.71. The monoisotopic (exact) mass is 386 g/mol. The van der Waals surface area contributed by atoms with Crippen LogP contribution in [-0.2, 0) is 6.54 Å². The smallest absolute Gasteiger partial charge is 0.275 e. The zero-order chi connectivity index (χ0) is 18.5. The van der Waals surface area contributed by atoms with Crippen LogP contribution >= 0.6 is 23.2 Å². The Hall–Kier alpha value is -2.63. The van der Waals surface area contributed by atoms with Crippen LogP contribution < -0.4 is 10.6 Å². The molecule has 0 aliphatic heterocycles. The second kappa shape index (κ2) is 8.17. The highest BCUT2D eigenvalue weighted by atomic mass is 35.5. The van der Waals surface area contributed by atoms with Gasteiger partial charge < -0.3 is 10.6 Å². The van der Waals surface area contributed by atoms with Gasteiger partial charge in [0.25, 0.3) is 5.91 Å². The lowest BCUT2D eigenvalue weighted by Crippen LogP contribution is -2.15. The molecular formula is C19H16Cl2N4O. The molecule has 2 aromatic carbocycles. The van der Waals surface area contributed by atoms with Crippen LogP contribution in [0.2, 0.25) is 10.0 Å². The average molecular weight is 387 g/mol. The minimum Gasteiger partial charge on any atom is -0.365 e. The van der Waals surface area contributed by atoms with Crippen LogP contribution in [0, 0.1) is 6.92 Å². The summed E-state index contributed by atoms with van der Waals surface area (Å²) in [4.78, 5) is 20.7. The molecule has 0 spiro atoms. The van der Waals surface area contributed by atoms with Gasteiger partial charge in [-0.15, -0.1) is 0 Å². The first-order valence-corrected chi connectivity index (χ1v) is 8.65. The zero-order valence-corrected chi connectivity index (χ0v) is 15.5. The molecule has 0 saturated heterocycles. The number of aromatic nitrogens is 2. The zero-order valence-electron chi connectivity index (χ0n) is 14.0. The lowest BCUT2D eigenvalue weighted by Gasteiger charge is -2.09. The second-order valence-electron chi connectivity index (χ2n) is 5.68. The fourth-order valence-electron chi connectivity index (χ4n) is 2.29. The van der Waals surface area contributed by atoms with Gasteiger partial charge in [-0.2, -0.15) is 0 Å². The molecule has 0 aliphatic carbocycles. The van der Waals surface area contributed by atoms with E-state index in [2.05, 4.69) is 20.6 Å². The third-order valence-corrected chi connectivity index (χ3v) is 4.20. The van der Waals surface area contributed by atoms with E-state index in [-0.39, 0.29) is 11.6 Å². The molecule has 1 aromatic heterocycles. The first kappa shape index (κ1) is 18.2. The molecule has 132 valence electrons. The summed E-state index contributed by atoms with van der Waals surface area (Å²) in [5.74, 6) is 0.256. The van der Waals surface area contributed by atoms with Crippen molar-refractivity contribution in [1.29, 1.82) is 0 Å². The van der Waals surface area contributed by atoms with E-state index in [1.165, 1.54) is 12.4 Å². The van der Waals surface area contributed by atoms with Crippen LogP contribution in [0.5, 0.6) is 0 Å². The first-order chi connectivity index (χ1) is 12.5. The Bertz CT molecular complexity index is 912. The molecule has 3 rings (SSSR count). The van der Waals surface area contributed by atoms with Crippen molar-refractivity contribution < 1.29 is 4.79 Å². The molecule has 26 heavy (non-hydrogen) atoms. The number of nitrogens with zero attached hydrogens (tertiary/aromatic N) is 2. The van der Waals surface area contributed by atoms with E-state index in [0.29, 0.717) is 28.1 Å². The van der Waals surface area contributed by atoms with Gasteiger partial charge in [0.05, 0.1) is 12.4 Å². The Labute approximate surface area is 161 Å². The van der Waals surface area contributed by atoms with Gasteiger partial charge in [-0.25, -0.2) is 9.97 Å². The Morgan fingerprint density at radius 3 is 2.38 bits per heavy atom. The fraction of sp³-hybridized carbons (Fsp3) is 0.105. The average Bonchev–Trinajstić information content (AvgIpc) is 2.64. The van der Waals surface area contributed by atoms with Crippen LogP contribution in [0.25, 0.3) is 0 Å². The van der Waals surface area contributed by atoms with Crippen LogP contribution in [0.3, 0.4) is 0 Å². The summed E-state index contributed by atoms with van der Waals surface area (Å²) >= 11 is 11.8. The largest absolute Gasteiger partial charge is 0.365 e. The van der Waals surface area contributed by atoms with Crippen LogP contribution in [0.1, 0.15) is 21.6 Å². The molecule has 7 heteroatoms. The minimum absolute atomic E-state index is 0.233. The van der Waals surface area contributed by atoms with Crippen LogP contribution in [-0.4, -0.2) is 15.9 Å². The molecule has 1 amide bonds. The van der Waals surface area contributed by atoms with Gasteiger partial charge in [-0.1, -0.05) is 35.3 Å². The van der Waals surface area contributed by atoms with Gasteiger partial charge in [0.1, 0.15) is 11.5 Å². The Balaban J connectivity index is 1.61. The van der Waals surface area contributed by atoms with Gasteiger partial charge in [0.2, 0.25) is 0 Å². The number of carbonyl (C=O) groups is 1. The van der Waals surface area contributed by atoms with E-state index in [0.717, 1.165) is 11.1 Å². The van der Waals surface area contributed by atoms with Crippen molar-refractivity contribution in [3.8, 4) is 0 Å². The van der Waals surface area contributed by atoms with Gasteiger partial charge in [-0.05, 0) is 48.4 Å². The lowest BCUT2D eigenvalue weighted by atomic mass is 10.2. The van der Waals surface area contributed by atoms with Crippen LogP contribution in [0.4, 0.5) is 11.5 Å². The number of benzene rings is 2. The molecule has 5 nitrogen and oxygen atoms in total. The maximum Gasteiger partial charge on any atom is 0.275 e. The molecule has 1 heterocycles. The normalized spacial score (nSPS) is 10.4. The van der Waals surface area contributed by atoms with Crippen molar-refractivity contribution >= 4 is 40.6 Å².